The largest absolute Gasteiger partial charge is 0.311 e. The lowest BCUT2D eigenvalue weighted by atomic mass is 9.33. The van der Waals surface area contributed by atoms with E-state index in [1.807, 2.05) is 0 Å². The molecule has 0 unspecified atom stereocenters. The van der Waals surface area contributed by atoms with Crippen molar-refractivity contribution in [2.75, 3.05) is 9.80 Å². The first kappa shape index (κ1) is 47.9. The van der Waals surface area contributed by atoms with E-state index in [0.717, 1.165) is 11.4 Å². The van der Waals surface area contributed by atoms with Crippen molar-refractivity contribution in [3.63, 3.8) is 0 Å². The molecule has 9 aromatic carbocycles. The Bertz CT molecular complexity index is 3540. The van der Waals surface area contributed by atoms with Gasteiger partial charge in [0.2, 0.25) is 0 Å². The number of para-hydroxylation sites is 2. The molecular weight excluding hydrogens is 880 g/mol. The Balaban J connectivity index is 1.29. The van der Waals surface area contributed by atoms with Crippen molar-refractivity contribution in [1.29, 1.82) is 0 Å². The van der Waals surface area contributed by atoms with Crippen molar-refractivity contribution in [3.05, 3.63) is 222 Å². The van der Waals surface area contributed by atoms with Gasteiger partial charge in [-0.2, -0.15) is 0 Å². The lowest BCUT2D eigenvalue weighted by Crippen LogP contribution is -2.61. The smallest absolute Gasteiger partial charge is 0.252 e. The van der Waals surface area contributed by atoms with E-state index >= 15 is 0 Å². The minimum absolute atomic E-state index is 0.0210. The monoisotopic (exact) mass is 949 g/mol. The van der Waals surface area contributed by atoms with Crippen molar-refractivity contribution in [2.24, 2.45) is 0 Å². The highest BCUT2D eigenvalue weighted by Gasteiger charge is 2.45. The van der Waals surface area contributed by atoms with E-state index in [-0.39, 0.29) is 28.4 Å². The number of hydrogen-bond donors (Lipinski definition) is 0. The van der Waals surface area contributed by atoms with Crippen LogP contribution in [-0.2, 0) is 21.7 Å². The van der Waals surface area contributed by atoms with E-state index < -0.39 is 0 Å². The third-order valence-corrected chi connectivity index (χ3v) is 15.4. The first-order chi connectivity index (χ1) is 34.8. The van der Waals surface area contributed by atoms with E-state index in [4.69, 9.17) is 0 Å². The molecule has 0 spiro atoms. The molecule has 0 aromatic heterocycles. The third-order valence-electron chi connectivity index (χ3n) is 15.4. The predicted molar refractivity (Wildman–Crippen MR) is 317 cm³/mol. The van der Waals surface area contributed by atoms with Crippen LogP contribution in [0.15, 0.2) is 200 Å². The van der Waals surface area contributed by atoms with Crippen LogP contribution in [0.4, 0.5) is 34.1 Å². The van der Waals surface area contributed by atoms with Gasteiger partial charge in [0.1, 0.15) is 0 Å². The second-order valence-electron chi connectivity index (χ2n) is 24.7. The minimum Gasteiger partial charge on any atom is -0.311 e. The highest BCUT2D eigenvalue weighted by Crippen LogP contribution is 2.50. The second kappa shape index (κ2) is 17.7. The fraction of sp³-hybridized carbons (Fsp3) is 0.229. The number of benzene rings is 9. The Hall–Kier alpha value is -7.36. The van der Waals surface area contributed by atoms with Crippen molar-refractivity contribution >= 4 is 57.2 Å². The summed E-state index contributed by atoms with van der Waals surface area (Å²) in [5.74, 6) is 0. The number of rotatable bonds is 6. The summed E-state index contributed by atoms with van der Waals surface area (Å²) in [6, 6.07) is 76.1. The molecule has 11 rings (SSSR count). The summed E-state index contributed by atoms with van der Waals surface area (Å²) >= 11 is 0. The van der Waals surface area contributed by atoms with Gasteiger partial charge >= 0.3 is 0 Å². The van der Waals surface area contributed by atoms with Crippen LogP contribution in [0, 0.1) is 0 Å². The molecule has 0 amide bonds. The summed E-state index contributed by atoms with van der Waals surface area (Å²) in [6.45, 7) is 28.1. The molecule has 2 heterocycles. The van der Waals surface area contributed by atoms with Crippen LogP contribution in [0.5, 0.6) is 0 Å². The Morgan fingerprint density at radius 1 is 0.274 bits per heavy atom. The molecule has 0 fully saturated rings. The SMILES string of the molecule is CC(C)(C)c1cc2c3c(c1)N(c1ccccc1-c1ccccc1)c1ccc(-c4ccc(C(C)(C)C)cc4C(C)(C)C)cc1B3c1cc(-c3ccccc3C(C)(C)C)ccc1N2c1ccccc1-c1ccccc1. The molecule has 2 nitrogen and oxygen atoms in total. The van der Waals surface area contributed by atoms with E-state index in [1.165, 1.54) is 106 Å². The zero-order valence-corrected chi connectivity index (χ0v) is 45.0. The standard InChI is InChI=1S/C70H69BN2/c1-67(2,3)50-37-38-53(57(43-50)70(10,11)12)49-36-40-63-59(42-49)71-58-41-48(52-29-19-22-32-56(52)69(7,8)9)35-39-62(58)72(60-33-23-20-30-54(60)46-25-15-13-16-26-46)64-44-51(68(4,5)6)45-65(66(64)71)73(63)61-34-24-21-31-55(61)47-27-17-14-18-28-47/h13-45H,1-12H3. The molecule has 9 aromatic rings. The van der Waals surface area contributed by atoms with Gasteiger partial charge in [-0.25, -0.2) is 0 Å². The topological polar surface area (TPSA) is 6.48 Å². The molecule has 0 radical (unpaired) electrons. The maximum absolute atomic E-state index is 2.62. The Labute approximate surface area is 436 Å². The van der Waals surface area contributed by atoms with Crippen LogP contribution >= 0.6 is 0 Å². The minimum atomic E-state index is -0.163. The first-order valence-electron chi connectivity index (χ1n) is 26.4. The average molecular weight is 949 g/mol. The fourth-order valence-corrected chi connectivity index (χ4v) is 11.6. The highest BCUT2D eigenvalue weighted by atomic mass is 15.2. The highest BCUT2D eigenvalue weighted by molar-refractivity contribution is 7.00. The van der Waals surface area contributed by atoms with Gasteiger partial charge in [0.05, 0.1) is 11.4 Å². The zero-order chi connectivity index (χ0) is 51.2. The van der Waals surface area contributed by atoms with Gasteiger partial charge in [0.25, 0.3) is 6.71 Å². The van der Waals surface area contributed by atoms with Crippen molar-refractivity contribution in [2.45, 2.75) is 105 Å². The number of anilines is 6. The second-order valence-corrected chi connectivity index (χ2v) is 24.7. The predicted octanol–water partition coefficient (Wildman–Crippen LogP) is 17.6. The zero-order valence-electron chi connectivity index (χ0n) is 45.0. The van der Waals surface area contributed by atoms with E-state index in [2.05, 4.69) is 293 Å². The molecule has 73 heavy (non-hydrogen) atoms. The quantitative estimate of drug-likeness (QED) is 0.153. The Morgan fingerprint density at radius 2 is 0.685 bits per heavy atom. The van der Waals surface area contributed by atoms with Crippen LogP contribution in [-0.4, -0.2) is 6.71 Å². The molecule has 0 atom stereocenters. The lowest BCUT2D eigenvalue weighted by Gasteiger charge is -2.46. The van der Waals surface area contributed by atoms with Crippen LogP contribution in [0.25, 0.3) is 44.5 Å². The van der Waals surface area contributed by atoms with Crippen molar-refractivity contribution in [1.82, 2.24) is 0 Å². The molecule has 2 aliphatic heterocycles. The molecule has 0 saturated carbocycles. The van der Waals surface area contributed by atoms with Gasteiger partial charge in [-0.15, -0.1) is 0 Å². The summed E-state index contributed by atoms with van der Waals surface area (Å²) < 4.78 is 0. The van der Waals surface area contributed by atoms with E-state index in [1.54, 1.807) is 0 Å². The van der Waals surface area contributed by atoms with Crippen LogP contribution in [0.1, 0.15) is 105 Å². The van der Waals surface area contributed by atoms with Crippen LogP contribution in [0.2, 0.25) is 0 Å². The summed E-state index contributed by atoms with van der Waals surface area (Å²) in [7, 11) is 0. The summed E-state index contributed by atoms with van der Waals surface area (Å²) in [4.78, 5) is 5.23. The van der Waals surface area contributed by atoms with Gasteiger partial charge in [-0.1, -0.05) is 247 Å². The number of fused-ring (bicyclic) bond motifs is 4. The van der Waals surface area contributed by atoms with Gasteiger partial charge in [0, 0.05) is 33.9 Å². The van der Waals surface area contributed by atoms with E-state index in [9.17, 15) is 0 Å². The Morgan fingerprint density at radius 3 is 1.14 bits per heavy atom. The van der Waals surface area contributed by atoms with Crippen LogP contribution in [0.3, 0.4) is 0 Å². The lowest BCUT2D eigenvalue weighted by molar-refractivity contribution is 0.570. The maximum Gasteiger partial charge on any atom is 0.252 e. The number of hydrogen-bond acceptors (Lipinski definition) is 2. The van der Waals surface area contributed by atoms with E-state index in [0.29, 0.717) is 0 Å². The first-order valence-corrected chi connectivity index (χ1v) is 26.4. The van der Waals surface area contributed by atoms with Gasteiger partial charge in [-0.05, 0) is 130 Å². The maximum atomic E-state index is 2.62. The molecular formula is C70H69BN2. The molecule has 362 valence electrons. The van der Waals surface area contributed by atoms with Gasteiger partial charge in [0.15, 0.2) is 0 Å². The fourth-order valence-electron chi connectivity index (χ4n) is 11.6. The normalized spacial score (nSPS) is 13.4. The summed E-state index contributed by atoms with van der Waals surface area (Å²) in [6.07, 6.45) is 0. The number of nitrogens with zero attached hydrogens (tertiary/aromatic N) is 2. The molecule has 0 bridgehead atoms. The third kappa shape index (κ3) is 8.51. The molecule has 0 saturated heterocycles. The van der Waals surface area contributed by atoms with Crippen molar-refractivity contribution in [3.8, 4) is 44.5 Å². The van der Waals surface area contributed by atoms with Gasteiger partial charge < -0.3 is 9.80 Å². The summed E-state index contributed by atoms with van der Waals surface area (Å²) in [5.41, 5.74) is 26.0. The average Bonchev–Trinajstić information content (AvgIpc) is 3.37. The van der Waals surface area contributed by atoms with Crippen LogP contribution < -0.4 is 26.2 Å². The van der Waals surface area contributed by atoms with Gasteiger partial charge in [-0.3, -0.25) is 0 Å². The molecule has 3 heteroatoms. The summed E-state index contributed by atoms with van der Waals surface area (Å²) in [5, 5.41) is 0. The van der Waals surface area contributed by atoms with Crippen molar-refractivity contribution < 1.29 is 0 Å². The molecule has 2 aliphatic rings. The molecule has 0 N–H and O–H groups in total. The molecule has 0 aliphatic carbocycles. The Kier molecular flexibility index (Phi) is 11.6.